The molecule has 1 unspecified atom stereocenters. The van der Waals surface area contributed by atoms with E-state index in [2.05, 4.69) is 27.2 Å². The van der Waals surface area contributed by atoms with Crippen LogP contribution in [-0.2, 0) is 29.6 Å². The molecule has 30 heavy (non-hydrogen) atoms. The Labute approximate surface area is 185 Å². The lowest BCUT2D eigenvalue weighted by molar-refractivity contribution is -0.677. The third-order valence-electron chi connectivity index (χ3n) is 5.15. The fourth-order valence-electron chi connectivity index (χ4n) is 3.38. The largest absolute Gasteiger partial charge is 0.396 e. The van der Waals surface area contributed by atoms with Crippen molar-refractivity contribution in [1.82, 2.24) is 14.5 Å². The molecule has 4 rings (SSSR count). The number of hydrogen-bond acceptors (Lipinski definition) is 7. The summed E-state index contributed by atoms with van der Waals surface area (Å²) < 4.78 is 22.9. The molecular formula is C20H24N5O2S3+. The Balaban J connectivity index is 1.93. The van der Waals surface area contributed by atoms with Gasteiger partial charge in [0.1, 0.15) is 25.9 Å². The Hall–Kier alpha value is -2.14. The van der Waals surface area contributed by atoms with E-state index in [0.29, 0.717) is 28.7 Å². The number of hydrogen-bond donors (Lipinski definition) is 1. The maximum absolute atomic E-state index is 12.9. The molecule has 0 aliphatic rings. The standard InChI is InChI=1S/C20H24N5O2S3/c1-12-24(2)11-15(25(12)3)13-10-14(18-22-6-8-28-18)23-19-16(13)17(21)20(29-19)30(26)9-5-7-27-4/h6,8,10-11H,5,7,9,21H2,1-4H3/q+1. The van der Waals surface area contributed by atoms with E-state index in [-0.39, 0.29) is 0 Å². The monoisotopic (exact) mass is 462 g/mol. The summed E-state index contributed by atoms with van der Waals surface area (Å²) in [7, 11) is 4.51. The molecule has 2 N–H and O–H groups in total. The van der Waals surface area contributed by atoms with Crippen molar-refractivity contribution in [2.24, 2.45) is 14.1 Å². The predicted molar refractivity (Wildman–Crippen MR) is 123 cm³/mol. The van der Waals surface area contributed by atoms with Gasteiger partial charge in [0.25, 0.3) is 5.82 Å². The van der Waals surface area contributed by atoms with Gasteiger partial charge in [-0.25, -0.2) is 19.1 Å². The first-order valence-electron chi connectivity index (χ1n) is 9.44. The maximum atomic E-state index is 12.9. The van der Waals surface area contributed by atoms with E-state index in [0.717, 1.165) is 38.0 Å². The number of nitrogens with zero attached hydrogens (tertiary/aromatic N) is 4. The first-order valence-corrected chi connectivity index (χ1v) is 12.5. The average molecular weight is 463 g/mol. The van der Waals surface area contributed by atoms with Crippen LogP contribution in [0.4, 0.5) is 5.69 Å². The van der Waals surface area contributed by atoms with Crippen LogP contribution < -0.4 is 10.3 Å². The summed E-state index contributed by atoms with van der Waals surface area (Å²) in [4.78, 5) is 10.0. The van der Waals surface area contributed by atoms with Crippen molar-refractivity contribution in [2.75, 3.05) is 25.2 Å². The summed E-state index contributed by atoms with van der Waals surface area (Å²) in [6.45, 7) is 2.64. The fourth-order valence-corrected chi connectivity index (χ4v) is 6.61. The van der Waals surface area contributed by atoms with E-state index in [4.69, 9.17) is 15.5 Å². The van der Waals surface area contributed by atoms with Crippen LogP contribution in [0.5, 0.6) is 0 Å². The van der Waals surface area contributed by atoms with Gasteiger partial charge in [-0.1, -0.05) is 0 Å². The summed E-state index contributed by atoms with van der Waals surface area (Å²) in [5.74, 6) is 1.63. The summed E-state index contributed by atoms with van der Waals surface area (Å²) in [6.07, 6.45) is 4.58. The van der Waals surface area contributed by atoms with Gasteiger partial charge in [-0.2, -0.15) is 0 Å². The Morgan fingerprint density at radius 3 is 2.83 bits per heavy atom. The molecular weight excluding hydrogens is 438 g/mol. The van der Waals surface area contributed by atoms with E-state index in [1.54, 1.807) is 24.6 Å². The number of nitrogens with two attached hydrogens (primary N) is 1. The van der Waals surface area contributed by atoms with Crippen molar-refractivity contribution >= 4 is 49.4 Å². The van der Waals surface area contributed by atoms with Gasteiger partial charge in [-0.05, 0) is 12.5 Å². The molecule has 0 saturated carbocycles. The number of rotatable bonds is 7. The van der Waals surface area contributed by atoms with Crippen LogP contribution >= 0.6 is 22.7 Å². The number of imidazole rings is 1. The van der Waals surface area contributed by atoms with Gasteiger partial charge in [0.2, 0.25) is 0 Å². The Kier molecular flexibility index (Phi) is 6.01. The van der Waals surface area contributed by atoms with Crippen molar-refractivity contribution < 1.29 is 13.5 Å². The summed E-state index contributed by atoms with van der Waals surface area (Å²) in [5, 5.41) is 3.65. The number of fused-ring (bicyclic) bond motifs is 1. The molecule has 4 heterocycles. The fraction of sp³-hybridized carbons (Fsp3) is 0.350. The van der Waals surface area contributed by atoms with Gasteiger partial charge in [-0.15, -0.1) is 22.7 Å². The minimum absolute atomic E-state index is 0.512. The zero-order chi connectivity index (χ0) is 21.4. The lowest BCUT2D eigenvalue weighted by Gasteiger charge is -2.05. The van der Waals surface area contributed by atoms with E-state index < -0.39 is 10.8 Å². The highest BCUT2D eigenvalue weighted by Gasteiger charge is 2.25. The van der Waals surface area contributed by atoms with Crippen LogP contribution in [0.3, 0.4) is 0 Å². The van der Waals surface area contributed by atoms with Crippen molar-refractivity contribution in [1.29, 1.82) is 0 Å². The number of thiazole rings is 1. The van der Waals surface area contributed by atoms with E-state index >= 15 is 0 Å². The molecule has 0 aliphatic carbocycles. The van der Waals surface area contributed by atoms with E-state index in [1.165, 1.54) is 11.3 Å². The zero-order valence-electron chi connectivity index (χ0n) is 17.3. The molecule has 0 aromatic carbocycles. The van der Waals surface area contributed by atoms with Gasteiger partial charge in [0.15, 0.2) is 5.69 Å². The summed E-state index contributed by atoms with van der Waals surface area (Å²) in [6, 6.07) is 2.04. The van der Waals surface area contributed by atoms with Crippen LogP contribution in [0, 0.1) is 6.92 Å². The van der Waals surface area contributed by atoms with Crippen molar-refractivity contribution in [3.8, 4) is 22.0 Å². The van der Waals surface area contributed by atoms with Crippen molar-refractivity contribution in [3.05, 3.63) is 29.7 Å². The lowest BCUT2D eigenvalue weighted by atomic mass is 10.1. The second-order valence-electron chi connectivity index (χ2n) is 7.00. The molecule has 0 spiro atoms. The highest BCUT2D eigenvalue weighted by atomic mass is 32.2. The molecule has 0 radical (unpaired) electrons. The number of ether oxygens (including phenoxy) is 1. The lowest BCUT2D eigenvalue weighted by Crippen LogP contribution is -2.29. The first kappa shape index (κ1) is 21.1. The first-order chi connectivity index (χ1) is 14.4. The quantitative estimate of drug-likeness (QED) is 0.336. The highest BCUT2D eigenvalue weighted by molar-refractivity contribution is 7.87. The van der Waals surface area contributed by atoms with Crippen LogP contribution in [-0.4, -0.2) is 38.2 Å². The number of thiophene rings is 1. The minimum Gasteiger partial charge on any atom is -0.396 e. The van der Waals surface area contributed by atoms with Crippen LogP contribution in [0.25, 0.3) is 32.2 Å². The maximum Gasteiger partial charge on any atom is 0.253 e. The van der Waals surface area contributed by atoms with Crippen molar-refractivity contribution in [3.63, 3.8) is 0 Å². The molecule has 158 valence electrons. The van der Waals surface area contributed by atoms with Crippen LogP contribution in [0.2, 0.25) is 0 Å². The number of aryl methyl sites for hydroxylation is 1. The average Bonchev–Trinajstić information content (AvgIpc) is 3.44. The zero-order valence-corrected chi connectivity index (χ0v) is 19.8. The normalized spacial score (nSPS) is 12.7. The number of pyridine rings is 1. The topological polar surface area (TPSA) is 86.9 Å². The van der Waals surface area contributed by atoms with E-state index in [1.807, 2.05) is 25.5 Å². The number of anilines is 1. The molecule has 0 fully saturated rings. The van der Waals surface area contributed by atoms with Gasteiger partial charge in [-0.3, -0.25) is 4.21 Å². The number of aromatic nitrogens is 4. The van der Waals surface area contributed by atoms with Gasteiger partial charge < -0.3 is 10.5 Å². The minimum atomic E-state index is -1.19. The smallest absolute Gasteiger partial charge is 0.253 e. The van der Waals surface area contributed by atoms with Crippen LogP contribution in [0.15, 0.2) is 28.0 Å². The van der Waals surface area contributed by atoms with E-state index in [9.17, 15) is 4.21 Å². The van der Waals surface area contributed by atoms with Gasteiger partial charge in [0, 0.05) is 48.9 Å². The third-order valence-corrected chi connectivity index (χ3v) is 8.94. The number of nitrogen functional groups attached to an aromatic ring is 1. The Morgan fingerprint density at radius 1 is 1.40 bits per heavy atom. The van der Waals surface area contributed by atoms with Gasteiger partial charge in [0.05, 0.1) is 30.6 Å². The molecule has 4 aromatic heterocycles. The van der Waals surface area contributed by atoms with Gasteiger partial charge >= 0.3 is 0 Å². The molecule has 0 bridgehead atoms. The second kappa shape index (κ2) is 8.54. The Morgan fingerprint density at radius 2 is 2.20 bits per heavy atom. The molecule has 1 atom stereocenters. The molecule has 0 saturated heterocycles. The molecule has 0 amide bonds. The van der Waals surface area contributed by atoms with Crippen molar-refractivity contribution in [2.45, 2.75) is 17.6 Å². The molecule has 4 aromatic rings. The van der Waals surface area contributed by atoms with Crippen LogP contribution in [0.1, 0.15) is 12.2 Å². The molecule has 7 nitrogen and oxygen atoms in total. The second-order valence-corrected chi connectivity index (χ2v) is 10.7. The SMILES string of the molecule is COCCCS(=O)c1sc2nc(-c3nccs3)cc(-c3c[n+](C)c(C)n3C)c2c1N. The molecule has 10 heteroatoms. The summed E-state index contributed by atoms with van der Waals surface area (Å²) >= 11 is 2.96. The highest BCUT2D eigenvalue weighted by Crippen LogP contribution is 2.42. The Bertz CT molecular complexity index is 1230. The third kappa shape index (κ3) is 3.68. The molecule has 0 aliphatic heterocycles. The summed E-state index contributed by atoms with van der Waals surface area (Å²) in [5.41, 5.74) is 9.92. The number of methoxy groups -OCH3 is 1. The predicted octanol–water partition coefficient (Wildman–Crippen LogP) is 3.28.